The van der Waals surface area contributed by atoms with Crippen molar-refractivity contribution in [3.8, 4) is 11.5 Å². The van der Waals surface area contributed by atoms with Gasteiger partial charge < -0.3 is 9.47 Å². The fraction of sp³-hybridized carbons (Fsp3) is 0.200. The third-order valence-electron chi connectivity index (χ3n) is 3.18. The predicted molar refractivity (Wildman–Crippen MR) is 66.6 cm³/mol. The van der Waals surface area contributed by atoms with Gasteiger partial charge in [-0.2, -0.15) is 0 Å². The van der Waals surface area contributed by atoms with Gasteiger partial charge in [0.15, 0.2) is 0 Å². The molecule has 0 fully saturated rings. The summed E-state index contributed by atoms with van der Waals surface area (Å²) in [7, 11) is 1.70. The van der Waals surface area contributed by atoms with Gasteiger partial charge in [-0.05, 0) is 23.3 Å². The van der Waals surface area contributed by atoms with Crippen molar-refractivity contribution < 1.29 is 9.47 Å². The van der Waals surface area contributed by atoms with Gasteiger partial charge in [0.1, 0.15) is 18.1 Å². The molecule has 0 saturated heterocycles. The van der Waals surface area contributed by atoms with Crippen LogP contribution in [0.4, 0.5) is 0 Å². The van der Waals surface area contributed by atoms with Crippen LogP contribution in [0.2, 0.25) is 0 Å². The molecule has 86 valence electrons. The first-order valence-corrected chi connectivity index (χ1v) is 5.74. The van der Waals surface area contributed by atoms with Crippen molar-refractivity contribution in [3.63, 3.8) is 0 Å². The molecule has 1 aliphatic rings. The second-order valence-electron chi connectivity index (χ2n) is 4.17. The molecule has 2 aromatic carbocycles. The first-order valence-electron chi connectivity index (χ1n) is 5.74. The van der Waals surface area contributed by atoms with E-state index in [0.717, 1.165) is 23.5 Å². The summed E-state index contributed by atoms with van der Waals surface area (Å²) in [5.41, 5.74) is 3.71. The Hall–Kier alpha value is -1.96. The summed E-state index contributed by atoms with van der Waals surface area (Å²) in [6.45, 7) is 0.635. The number of rotatable bonds is 1. The van der Waals surface area contributed by atoms with Crippen molar-refractivity contribution in [2.75, 3.05) is 7.11 Å². The molecule has 0 amide bonds. The highest BCUT2D eigenvalue weighted by Gasteiger charge is 2.16. The molecular formula is C15H14O2. The summed E-state index contributed by atoms with van der Waals surface area (Å²) in [6.07, 6.45) is 0.871. The molecule has 3 rings (SSSR count). The molecule has 0 spiro atoms. The summed E-state index contributed by atoms with van der Waals surface area (Å²) < 4.78 is 11.2. The molecule has 2 aromatic rings. The first-order chi connectivity index (χ1) is 8.38. The molecule has 0 saturated carbocycles. The maximum absolute atomic E-state index is 5.84. The highest BCUT2D eigenvalue weighted by atomic mass is 16.5. The normalized spacial score (nSPS) is 13.0. The van der Waals surface area contributed by atoms with Gasteiger partial charge >= 0.3 is 0 Å². The quantitative estimate of drug-likeness (QED) is 0.743. The zero-order chi connectivity index (χ0) is 11.7. The van der Waals surface area contributed by atoms with Crippen LogP contribution in [0.1, 0.15) is 16.7 Å². The van der Waals surface area contributed by atoms with Crippen LogP contribution in [0.15, 0.2) is 42.5 Å². The maximum Gasteiger partial charge on any atom is 0.127 e. The lowest BCUT2D eigenvalue weighted by Gasteiger charge is -2.10. The van der Waals surface area contributed by atoms with E-state index in [2.05, 4.69) is 24.3 Å². The Morgan fingerprint density at radius 3 is 2.65 bits per heavy atom. The minimum atomic E-state index is 0.635. The molecule has 2 nitrogen and oxygen atoms in total. The van der Waals surface area contributed by atoms with E-state index in [1.54, 1.807) is 7.11 Å². The highest BCUT2D eigenvalue weighted by Crippen LogP contribution is 2.34. The third-order valence-corrected chi connectivity index (χ3v) is 3.18. The van der Waals surface area contributed by atoms with E-state index < -0.39 is 0 Å². The number of hydrogen-bond donors (Lipinski definition) is 0. The van der Waals surface area contributed by atoms with E-state index in [-0.39, 0.29) is 0 Å². The van der Waals surface area contributed by atoms with Crippen LogP contribution in [0.5, 0.6) is 11.5 Å². The van der Waals surface area contributed by atoms with Crippen LogP contribution >= 0.6 is 0 Å². The lowest BCUT2D eigenvalue weighted by molar-refractivity contribution is 0.304. The average molecular weight is 226 g/mol. The lowest BCUT2D eigenvalue weighted by Crippen LogP contribution is -1.95. The Kier molecular flexibility index (Phi) is 2.48. The van der Waals surface area contributed by atoms with Gasteiger partial charge in [-0.25, -0.2) is 0 Å². The summed E-state index contributed by atoms with van der Waals surface area (Å²) >= 11 is 0. The minimum absolute atomic E-state index is 0.635. The molecule has 2 heteroatoms. The van der Waals surface area contributed by atoms with Crippen LogP contribution in [0.3, 0.4) is 0 Å². The van der Waals surface area contributed by atoms with Crippen molar-refractivity contribution in [2.45, 2.75) is 13.0 Å². The molecule has 0 aromatic heterocycles. The van der Waals surface area contributed by atoms with Crippen molar-refractivity contribution >= 4 is 0 Å². The van der Waals surface area contributed by atoms with E-state index in [4.69, 9.17) is 9.47 Å². The van der Waals surface area contributed by atoms with Crippen LogP contribution < -0.4 is 9.47 Å². The summed E-state index contributed by atoms with van der Waals surface area (Å²) in [5.74, 6) is 1.83. The largest absolute Gasteiger partial charge is 0.496 e. The van der Waals surface area contributed by atoms with Crippen molar-refractivity contribution in [2.24, 2.45) is 0 Å². The Balaban J connectivity index is 2.12. The fourth-order valence-electron chi connectivity index (χ4n) is 2.26. The third kappa shape index (κ3) is 1.76. The topological polar surface area (TPSA) is 18.5 Å². The molecule has 0 N–H and O–H groups in total. The maximum atomic E-state index is 5.84. The van der Waals surface area contributed by atoms with Gasteiger partial charge in [-0.1, -0.05) is 30.3 Å². The van der Waals surface area contributed by atoms with Crippen LogP contribution in [0.25, 0.3) is 0 Å². The molecule has 0 bridgehead atoms. The van der Waals surface area contributed by atoms with E-state index in [1.807, 2.05) is 18.2 Å². The smallest absolute Gasteiger partial charge is 0.127 e. The number of benzene rings is 2. The van der Waals surface area contributed by atoms with E-state index in [9.17, 15) is 0 Å². The van der Waals surface area contributed by atoms with Crippen molar-refractivity contribution in [1.29, 1.82) is 0 Å². The Bertz CT molecular complexity index is 546. The summed E-state index contributed by atoms with van der Waals surface area (Å²) in [4.78, 5) is 0. The molecule has 0 radical (unpaired) electrons. The molecule has 0 atom stereocenters. The van der Waals surface area contributed by atoms with Crippen molar-refractivity contribution in [3.05, 3.63) is 59.2 Å². The number of fused-ring (bicyclic) bond motifs is 2. The van der Waals surface area contributed by atoms with Gasteiger partial charge in [-0.15, -0.1) is 0 Å². The summed E-state index contributed by atoms with van der Waals surface area (Å²) in [5, 5.41) is 0. The number of hydrogen-bond acceptors (Lipinski definition) is 2. The monoisotopic (exact) mass is 226 g/mol. The molecule has 1 heterocycles. The molecular weight excluding hydrogens is 212 g/mol. The van der Waals surface area contributed by atoms with Gasteiger partial charge in [0.05, 0.1) is 7.11 Å². The first kappa shape index (κ1) is 10.2. The average Bonchev–Trinajstić information content (AvgIpc) is 2.57. The lowest BCUT2D eigenvalue weighted by atomic mass is 10.00. The molecule has 17 heavy (non-hydrogen) atoms. The van der Waals surface area contributed by atoms with Gasteiger partial charge in [0, 0.05) is 12.0 Å². The van der Waals surface area contributed by atoms with Gasteiger partial charge in [0.25, 0.3) is 0 Å². The second-order valence-corrected chi connectivity index (χ2v) is 4.17. The van der Waals surface area contributed by atoms with Crippen LogP contribution in [-0.4, -0.2) is 7.11 Å². The van der Waals surface area contributed by atoms with Gasteiger partial charge in [0.2, 0.25) is 0 Å². The number of ether oxygens (including phenoxy) is 2. The Morgan fingerprint density at radius 2 is 1.82 bits per heavy atom. The second kappa shape index (κ2) is 4.13. The SMILES string of the molecule is COc1cccc2c1Cc1ccccc1CO2. The number of methoxy groups -OCH3 is 1. The molecule has 0 aliphatic carbocycles. The molecule has 1 aliphatic heterocycles. The standard InChI is InChI=1S/C15H14O2/c1-16-14-7-4-8-15-13(14)9-11-5-2-3-6-12(11)10-17-15/h2-8H,9-10H2,1H3. The van der Waals surface area contributed by atoms with E-state index >= 15 is 0 Å². The van der Waals surface area contributed by atoms with Crippen LogP contribution in [0, 0.1) is 0 Å². The summed E-state index contributed by atoms with van der Waals surface area (Å²) in [6, 6.07) is 14.3. The Labute approximate surface area is 101 Å². The predicted octanol–water partition coefficient (Wildman–Crippen LogP) is 3.18. The van der Waals surface area contributed by atoms with Gasteiger partial charge in [-0.3, -0.25) is 0 Å². The minimum Gasteiger partial charge on any atom is -0.496 e. The zero-order valence-electron chi connectivity index (χ0n) is 9.77. The fourth-order valence-corrected chi connectivity index (χ4v) is 2.26. The van der Waals surface area contributed by atoms with Crippen LogP contribution in [-0.2, 0) is 13.0 Å². The van der Waals surface area contributed by atoms with E-state index in [0.29, 0.717) is 6.61 Å². The highest BCUT2D eigenvalue weighted by molar-refractivity contribution is 5.49. The Morgan fingerprint density at radius 1 is 1.00 bits per heavy atom. The zero-order valence-corrected chi connectivity index (χ0v) is 9.77. The van der Waals surface area contributed by atoms with Crippen molar-refractivity contribution in [1.82, 2.24) is 0 Å². The molecule has 0 unspecified atom stereocenters. The van der Waals surface area contributed by atoms with E-state index in [1.165, 1.54) is 11.1 Å².